The Bertz CT molecular complexity index is 826. The second kappa shape index (κ2) is 7.75. The first-order valence-electron chi connectivity index (χ1n) is 7.07. The number of alkyl halides is 2. The summed E-state index contributed by atoms with van der Waals surface area (Å²) in [6.45, 7) is -3.13. The molecular weight excluding hydrogens is 359 g/mol. The lowest BCUT2D eigenvalue weighted by Crippen LogP contribution is -2.26. The van der Waals surface area contributed by atoms with Crippen LogP contribution in [0.1, 0.15) is 5.56 Å². The Kier molecular flexibility index (Phi) is 5.91. The molecule has 0 aliphatic carbocycles. The van der Waals surface area contributed by atoms with Gasteiger partial charge in [-0.25, -0.2) is 12.8 Å². The number of rotatable bonds is 7. The van der Waals surface area contributed by atoms with E-state index in [-0.39, 0.29) is 22.9 Å². The minimum absolute atomic E-state index is 0.0750. The molecule has 0 N–H and O–H groups in total. The van der Waals surface area contributed by atoms with Crippen molar-refractivity contribution in [2.75, 3.05) is 14.2 Å². The van der Waals surface area contributed by atoms with Gasteiger partial charge in [-0.3, -0.25) is 0 Å². The molecule has 0 aliphatic heterocycles. The Morgan fingerprint density at radius 1 is 1.08 bits per heavy atom. The zero-order chi connectivity index (χ0) is 18.6. The van der Waals surface area contributed by atoms with E-state index in [0.29, 0.717) is 5.56 Å². The highest BCUT2D eigenvalue weighted by Crippen LogP contribution is 2.30. The fourth-order valence-electron chi connectivity index (χ4n) is 2.14. The summed E-state index contributed by atoms with van der Waals surface area (Å²) in [5, 5.41) is 0. The Balaban J connectivity index is 2.24. The monoisotopic (exact) mass is 375 g/mol. The van der Waals surface area contributed by atoms with Crippen LogP contribution in [0.2, 0.25) is 0 Å². The van der Waals surface area contributed by atoms with Gasteiger partial charge in [0.25, 0.3) is 0 Å². The topological polar surface area (TPSA) is 55.8 Å². The first-order chi connectivity index (χ1) is 11.7. The van der Waals surface area contributed by atoms with Crippen molar-refractivity contribution in [2.45, 2.75) is 18.1 Å². The molecule has 2 aromatic rings. The van der Waals surface area contributed by atoms with E-state index in [2.05, 4.69) is 4.74 Å². The van der Waals surface area contributed by atoms with Gasteiger partial charge in [0.1, 0.15) is 5.82 Å². The molecule has 0 heterocycles. The third-order valence-corrected chi connectivity index (χ3v) is 5.19. The molecule has 0 fully saturated rings. The maximum Gasteiger partial charge on any atom is 0.387 e. The smallest absolute Gasteiger partial charge is 0.387 e. The summed E-state index contributed by atoms with van der Waals surface area (Å²) in [5.74, 6) is -0.638. The van der Waals surface area contributed by atoms with E-state index in [4.69, 9.17) is 4.74 Å². The summed E-state index contributed by atoms with van der Waals surface area (Å²) >= 11 is 0. The molecule has 0 saturated carbocycles. The van der Waals surface area contributed by atoms with Gasteiger partial charge in [0.15, 0.2) is 11.5 Å². The van der Waals surface area contributed by atoms with Crippen molar-refractivity contribution in [1.82, 2.24) is 4.31 Å². The van der Waals surface area contributed by atoms with Crippen LogP contribution in [0.3, 0.4) is 0 Å². The van der Waals surface area contributed by atoms with E-state index < -0.39 is 22.5 Å². The van der Waals surface area contributed by atoms with Gasteiger partial charge in [-0.2, -0.15) is 13.1 Å². The second-order valence-electron chi connectivity index (χ2n) is 5.08. The Hall–Kier alpha value is -2.26. The lowest BCUT2D eigenvalue weighted by Gasteiger charge is -2.18. The normalized spacial score (nSPS) is 11.8. The quantitative estimate of drug-likeness (QED) is 0.746. The van der Waals surface area contributed by atoms with Gasteiger partial charge in [0, 0.05) is 13.6 Å². The minimum Gasteiger partial charge on any atom is -0.493 e. The van der Waals surface area contributed by atoms with Gasteiger partial charge in [-0.1, -0.05) is 6.07 Å². The molecule has 0 atom stereocenters. The van der Waals surface area contributed by atoms with Crippen molar-refractivity contribution in [1.29, 1.82) is 0 Å². The van der Waals surface area contributed by atoms with Crippen LogP contribution in [0, 0.1) is 5.82 Å². The van der Waals surface area contributed by atoms with E-state index in [1.54, 1.807) is 0 Å². The molecule has 2 aromatic carbocycles. The first-order valence-corrected chi connectivity index (χ1v) is 8.51. The van der Waals surface area contributed by atoms with E-state index in [1.165, 1.54) is 32.4 Å². The van der Waals surface area contributed by atoms with Gasteiger partial charge < -0.3 is 9.47 Å². The largest absolute Gasteiger partial charge is 0.493 e. The zero-order valence-electron chi connectivity index (χ0n) is 13.4. The Labute approximate surface area is 143 Å². The molecule has 2 rings (SSSR count). The van der Waals surface area contributed by atoms with Crippen LogP contribution in [-0.4, -0.2) is 33.5 Å². The van der Waals surface area contributed by atoms with Crippen molar-refractivity contribution in [3.63, 3.8) is 0 Å². The second-order valence-corrected chi connectivity index (χ2v) is 7.12. The number of ether oxygens (including phenoxy) is 2. The fourth-order valence-corrected chi connectivity index (χ4v) is 3.30. The van der Waals surface area contributed by atoms with Crippen molar-refractivity contribution < 1.29 is 31.1 Å². The lowest BCUT2D eigenvalue weighted by atomic mass is 10.2. The van der Waals surface area contributed by atoms with Crippen molar-refractivity contribution >= 4 is 10.0 Å². The number of sulfonamides is 1. The van der Waals surface area contributed by atoms with E-state index in [0.717, 1.165) is 28.6 Å². The highest BCUT2D eigenvalue weighted by Gasteiger charge is 2.21. The van der Waals surface area contributed by atoms with Crippen molar-refractivity contribution in [3.8, 4) is 11.5 Å². The Morgan fingerprint density at radius 3 is 2.28 bits per heavy atom. The van der Waals surface area contributed by atoms with Crippen LogP contribution in [0.25, 0.3) is 0 Å². The zero-order valence-corrected chi connectivity index (χ0v) is 14.3. The highest BCUT2D eigenvalue weighted by atomic mass is 32.2. The number of hydrogen-bond donors (Lipinski definition) is 0. The van der Waals surface area contributed by atoms with Crippen LogP contribution in [0.5, 0.6) is 11.5 Å². The molecule has 136 valence electrons. The third-order valence-electron chi connectivity index (χ3n) is 3.37. The molecule has 0 saturated heterocycles. The Morgan fingerprint density at radius 2 is 1.72 bits per heavy atom. The van der Waals surface area contributed by atoms with Crippen molar-refractivity contribution in [2.24, 2.45) is 0 Å². The molecule has 25 heavy (non-hydrogen) atoms. The first kappa shape index (κ1) is 19.1. The predicted molar refractivity (Wildman–Crippen MR) is 84.7 cm³/mol. The molecule has 0 amide bonds. The number of hydrogen-bond acceptors (Lipinski definition) is 4. The van der Waals surface area contributed by atoms with Crippen LogP contribution >= 0.6 is 0 Å². The molecule has 0 unspecified atom stereocenters. The average Bonchev–Trinajstić information content (AvgIpc) is 2.55. The van der Waals surface area contributed by atoms with E-state index in [9.17, 15) is 21.6 Å². The summed E-state index contributed by atoms with van der Waals surface area (Å²) in [4.78, 5) is -0.0750. The van der Waals surface area contributed by atoms with Gasteiger partial charge in [0.05, 0.1) is 12.0 Å². The van der Waals surface area contributed by atoms with Gasteiger partial charge in [0.2, 0.25) is 10.0 Å². The fraction of sp³-hybridized carbons (Fsp3) is 0.250. The molecular formula is C16H16F3NO4S. The van der Waals surface area contributed by atoms with Crippen LogP contribution in [0.15, 0.2) is 47.4 Å². The van der Waals surface area contributed by atoms with Gasteiger partial charge >= 0.3 is 6.61 Å². The summed E-state index contributed by atoms with van der Waals surface area (Å²) in [6, 6.07) is 8.62. The van der Waals surface area contributed by atoms with Crippen LogP contribution in [0.4, 0.5) is 13.2 Å². The lowest BCUT2D eigenvalue weighted by molar-refractivity contribution is -0.0512. The molecule has 5 nitrogen and oxygen atoms in total. The standard InChI is InChI=1S/C16H16F3NO4S/c1-20(25(21,22)13-6-4-12(17)5-7-13)10-11-3-8-14(23-2)15(9-11)24-16(18)19/h3-9,16H,10H2,1-2H3. The average molecular weight is 375 g/mol. The molecule has 0 aromatic heterocycles. The summed E-state index contributed by atoms with van der Waals surface area (Å²) in [5.41, 5.74) is 0.421. The van der Waals surface area contributed by atoms with Crippen LogP contribution < -0.4 is 9.47 Å². The molecule has 0 radical (unpaired) electrons. The maximum atomic E-state index is 12.9. The van der Waals surface area contributed by atoms with Crippen molar-refractivity contribution in [3.05, 3.63) is 53.8 Å². The maximum absolute atomic E-state index is 12.9. The molecule has 0 spiro atoms. The summed E-state index contributed by atoms with van der Waals surface area (Å²) in [7, 11) is -1.23. The van der Waals surface area contributed by atoms with Gasteiger partial charge in [-0.15, -0.1) is 0 Å². The minimum atomic E-state index is -3.86. The van der Waals surface area contributed by atoms with Gasteiger partial charge in [-0.05, 0) is 42.0 Å². The molecule has 0 bridgehead atoms. The molecule has 0 aliphatic rings. The van der Waals surface area contributed by atoms with E-state index in [1.807, 2.05) is 0 Å². The summed E-state index contributed by atoms with van der Waals surface area (Å²) in [6.07, 6.45) is 0. The number of nitrogens with zero attached hydrogens (tertiary/aromatic N) is 1. The highest BCUT2D eigenvalue weighted by molar-refractivity contribution is 7.89. The number of benzene rings is 2. The number of methoxy groups -OCH3 is 1. The SMILES string of the molecule is COc1ccc(CN(C)S(=O)(=O)c2ccc(F)cc2)cc1OC(F)F. The summed E-state index contributed by atoms with van der Waals surface area (Å²) < 4.78 is 73.1. The van der Waals surface area contributed by atoms with Crippen LogP contribution in [-0.2, 0) is 16.6 Å². The number of halogens is 3. The third kappa shape index (κ3) is 4.64. The predicted octanol–water partition coefficient (Wildman–Crippen LogP) is 3.26. The van der Waals surface area contributed by atoms with E-state index >= 15 is 0 Å². The molecule has 9 heteroatoms.